The second-order valence-corrected chi connectivity index (χ2v) is 10.3. The van der Waals surface area contributed by atoms with E-state index < -0.39 is 0 Å². The highest BCUT2D eigenvalue weighted by atomic mass is 16.5. The third-order valence-corrected chi connectivity index (χ3v) is 9.02. The monoisotopic (exact) mass is 399 g/mol. The molecule has 0 aromatic carbocycles. The molecule has 3 aliphatic carbocycles. The summed E-state index contributed by atoms with van der Waals surface area (Å²) in [5.41, 5.74) is 1.64. The maximum absolute atomic E-state index is 10.5. The summed E-state index contributed by atoms with van der Waals surface area (Å²) < 4.78 is 6.07. The number of aromatic nitrogens is 1. The Morgan fingerprint density at radius 3 is 2.72 bits per heavy atom. The first-order valence-electron chi connectivity index (χ1n) is 11.4. The summed E-state index contributed by atoms with van der Waals surface area (Å²) in [6.07, 6.45) is 8.67. The minimum absolute atomic E-state index is 0.0622. The van der Waals surface area contributed by atoms with Crippen molar-refractivity contribution >= 4 is 0 Å². The van der Waals surface area contributed by atoms with Gasteiger partial charge >= 0.3 is 0 Å². The molecule has 0 saturated heterocycles. The summed E-state index contributed by atoms with van der Waals surface area (Å²) >= 11 is 0. The summed E-state index contributed by atoms with van der Waals surface area (Å²) in [4.78, 5) is 4.30. The minimum atomic E-state index is -0.256. The van der Waals surface area contributed by atoms with Crippen LogP contribution in [0.2, 0.25) is 0 Å². The van der Waals surface area contributed by atoms with Crippen molar-refractivity contribution in [2.45, 2.75) is 64.9 Å². The van der Waals surface area contributed by atoms with Crippen molar-refractivity contribution in [2.75, 3.05) is 13.2 Å². The summed E-state index contributed by atoms with van der Waals surface area (Å²) in [6, 6.07) is 5.72. The fourth-order valence-electron chi connectivity index (χ4n) is 7.03. The standard InChI is InChI=1S/C25H37NO3/c1-17-7-8-21-20(15-27)22(10-12-24(17,21)2)25(3)11-9-19(28)14-18(25)16-29-23-6-4-5-13-26-23/h4-6,13,18-22,27-28H,1,7-12,14-16H2,2-3H3. The van der Waals surface area contributed by atoms with E-state index in [0.29, 0.717) is 30.2 Å². The van der Waals surface area contributed by atoms with Crippen LogP contribution in [0.5, 0.6) is 5.88 Å². The van der Waals surface area contributed by atoms with Crippen LogP contribution in [-0.2, 0) is 0 Å². The first-order chi connectivity index (χ1) is 13.9. The highest BCUT2D eigenvalue weighted by molar-refractivity contribution is 5.21. The van der Waals surface area contributed by atoms with E-state index in [4.69, 9.17) is 4.74 Å². The number of pyridine rings is 1. The Morgan fingerprint density at radius 2 is 2.00 bits per heavy atom. The highest BCUT2D eigenvalue weighted by Crippen LogP contribution is 2.63. The smallest absolute Gasteiger partial charge is 0.213 e. The van der Waals surface area contributed by atoms with Gasteiger partial charge in [0, 0.05) is 24.8 Å². The quantitative estimate of drug-likeness (QED) is 0.709. The lowest BCUT2D eigenvalue weighted by molar-refractivity contribution is -0.102. The summed E-state index contributed by atoms with van der Waals surface area (Å²) in [6.45, 7) is 9.98. The van der Waals surface area contributed by atoms with Gasteiger partial charge in [0.1, 0.15) is 0 Å². The van der Waals surface area contributed by atoms with Gasteiger partial charge in [0.05, 0.1) is 12.7 Å². The molecule has 0 spiro atoms. The molecule has 3 saturated carbocycles. The van der Waals surface area contributed by atoms with E-state index in [1.165, 1.54) is 12.0 Å². The number of ether oxygens (including phenoxy) is 1. The Bertz CT molecular complexity index is 722. The molecule has 29 heavy (non-hydrogen) atoms. The van der Waals surface area contributed by atoms with Crippen LogP contribution in [0.25, 0.3) is 0 Å². The van der Waals surface area contributed by atoms with E-state index >= 15 is 0 Å². The Morgan fingerprint density at radius 1 is 1.17 bits per heavy atom. The molecule has 3 aliphatic rings. The van der Waals surface area contributed by atoms with E-state index in [0.717, 1.165) is 38.5 Å². The van der Waals surface area contributed by atoms with Crippen LogP contribution in [0, 0.1) is 34.5 Å². The molecule has 0 bridgehead atoms. The molecule has 2 N–H and O–H groups in total. The van der Waals surface area contributed by atoms with Crippen LogP contribution in [-0.4, -0.2) is 34.5 Å². The minimum Gasteiger partial charge on any atom is -0.477 e. The van der Waals surface area contributed by atoms with E-state index in [1.807, 2.05) is 18.2 Å². The largest absolute Gasteiger partial charge is 0.477 e. The number of aliphatic hydroxyl groups is 2. The van der Waals surface area contributed by atoms with Crippen LogP contribution in [0.3, 0.4) is 0 Å². The number of nitrogens with zero attached hydrogens (tertiary/aromatic N) is 1. The van der Waals surface area contributed by atoms with Gasteiger partial charge in [-0.05, 0) is 79.6 Å². The van der Waals surface area contributed by atoms with Crippen molar-refractivity contribution < 1.29 is 14.9 Å². The molecule has 4 nitrogen and oxygen atoms in total. The zero-order valence-corrected chi connectivity index (χ0v) is 18.0. The number of aliphatic hydroxyl groups excluding tert-OH is 2. The van der Waals surface area contributed by atoms with Crippen molar-refractivity contribution in [1.82, 2.24) is 4.98 Å². The van der Waals surface area contributed by atoms with Gasteiger partial charge in [0.2, 0.25) is 5.88 Å². The average molecular weight is 400 g/mol. The predicted molar refractivity (Wildman–Crippen MR) is 114 cm³/mol. The van der Waals surface area contributed by atoms with Crippen LogP contribution in [0.1, 0.15) is 58.8 Å². The SMILES string of the molecule is C=C1CCC2C(CO)C(C3(C)CCC(O)CC3COc3ccccn3)CCC12C. The normalized spacial score (nSPS) is 42.5. The average Bonchev–Trinajstić information content (AvgIpc) is 3.03. The van der Waals surface area contributed by atoms with Crippen LogP contribution >= 0.6 is 0 Å². The molecule has 3 fully saturated rings. The second-order valence-electron chi connectivity index (χ2n) is 10.3. The summed E-state index contributed by atoms with van der Waals surface area (Å²) in [5, 5.41) is 20.9. The first kappa shape index (κ1) is 20.9. The molecule has 1 aromatic rings. The van der Waals surface area contributed by atoms with Gasteiger partial charge in [0.25, 0.3) is 0 Å². The van der Waals surface area contributed by atoms with Gasteiger partial charge in [-0.1, -0.05) is 32.1 Å². The van der Waals surface area contributed by atoms with Crippen molar-refractivity contribution in [1.29, 1.82) is 0 Å². The molecule has 4 heteroatoms. The summed E-state index contributed by atoms with van der Waals surface area (Å²) in [7, 11) is 0. The Balaban J connectivity index is 1.57. The maximum atomic E-state index is 10.5. The molecule has 7 unspecified atom stereocenters. The van der Waals surface area contributed by atoms with Gasteiger partial charge in [-0.15, -0.1) is 0 Å². The van der Waals surface area contributed by atoms with Crippen LogP contribution < -0.4 is 4.74 Å². The van der Waals surface area contributed by atoms with E-state index in [2.05, 4.69) is 25.4 Å². The van der Waals surface area contributed by atoms with Gasteiger partial charge < -0.3 is 14.9 Å². The van der Waals surface area contributed by atoms with Gasteiger partial charge in [0.15, 0.2) is 0 Å². The number of allylic oxidation sites excluding steroid dienone is 1. The van der Waals surface area contributed by atoms with Gasteiger partial charge in [-0.3, -0.25) is 0 Å². The lowest BCUT2D eigenvalue weighted by Crippen LogP contribution is -2.52. The first-order valence-corrected chi connectivity index (χ1v) is 11.4. The molecule has 7 atom stereocenters. The Kier molecular flexibility index (Phi) is 5.78. The number of rotatable bonds is 5. The van der Waals surface area contributed by atoms with Crippen molar-refractivity contribution in [3.63, 3.8) is 0 Å². The van der Waals surface area contributed by atoms with Crippen molar-refractivity contribution in [3.05, 3.63) is 36.5 Å². The molecule has 0 aliphatic heterocycles. The maximum Gasteiger partial charge on any atom is 0.213 e. The zero-order chi connectivity index (χ0) is 20.6. The predicted octanol–water partition coefficient (Wildman–Crippen LogP) is 4.62. The topological polar surface area (TPSA) is 62.6 Å². The zero-order valence-electron chi connectivity index (χ0n) is 18.0. The lowest BCUT2D eigenvalue weighted by atomic mass is 9.49. The van der Waals surface area contributed by atoms with Gasteiger partial charge in [-0.2, -0.15) is 0 Å². The number of hydrogen-bond acceptors (Lipinski definition) is 4. The molecule has 0 radical (unpaired) electrons. The van der Waals surface area contributed by atoms with E-state index in [-0.39, 0.29) is 29.5 Å². The van der Waals surface area contributed by atoms with Crippen LogP contribution in [0.4, 0.5) is 0 Å². The Hall–Kier alpha value is -1.39. The molecule has 4 rings (SSSR count). The molecule has 160 valence electrons. The number of fused-ring (bicyclic) bond motifs is 1. The fraction of sp³-hybridized carbons (Fsp3) is 0.720. The van der Waals surface area contributed by atoms with Crippen molar-refractivity contribution in [3.8, 4) is 5.88 Å². The molecular weight excluding hydrogens is 362 g/mol. The molecular formula is C25H37NO3. The van der Waals surface area contributed by atoms with Gasteiger partial charge in [-0.25, -0.2) is 4.98 Å². The third kappa shape index (κ3) is 3.63. The highest BCUT2D eigenvalue weighted by Gasteiger charge is 2.56. The van der Waals surface area contributed by atoms with E-state index in [9.17, 15) is 10.2 Å². The summed E-state index contributed by atoms with van der Waals surface area (Å²) in [5.74, 6) is 2.21. The third-order valence-electron chi connectivity index (χ3n) is 9.02. The molecule has 0 amide bonds. The Labute approximate surface area is 175 Å². The van der Waals surface area contributed by atoms with Crippen molar-refractivity contribution in [2.24, 2.45) is 34.5 Å². The second kappa shape index (κ2) is 8.03. The molecule has 1 heterocycles. The number of hydrogen-bond donors (Lipinski definition) is 2. The molecule has 1 aromatic heterocycles. The lowest BCUT2D eigenvalue weighted by Gasteiger charge is -2.56. The van der Waals surface area contributed by atoms with E-state index in [1.54, 1.807) is 6.20 Å². The van der Waals surface area contributed by atoms with Crippen LogP contribution in [0.15, 0.2) is 36.5 Å². The fourth-order valence-corrected chi connectivity index (χ4v) is 7.03.